The van der Waals surface area contributed by atoms with E-state index in [2.05, 4.69) is 4.98 Å². The fraction of sp³-hybridized carbons (Fsp3) is 0.700. The lowest BCUT2D eigenvalue weighted by Gasteiger charge is -2.35. The van der Waals surface area contributed by atoms with Gasteiger partial charge in [-0.1, -0.05) is 0 Å². The molecular formula is C10H18N4O3S. The Morgan fingerprint density at radius 3 is 2.72 bits per heavy atom. The van der Waals surface area contributed by atoms with Crippen LogP contribution < -0.4 is 5.73 Å². The Hall–Kier alpha value is -1.12. The van der Waals surface area contributed by atoms with Crippen molar-refractivity contribution in [3.63, 3.8) is 0 Å². The highest BCUT2D eigenvalue weighted by atomic mass is 32.2. The fourth-order valence-corrected chi connectivity index (χ4v) is 4.04. The van der Waals surface area contributed by atoms with Gasteiger partial charge in [-0.15, -0.1) is 0 Å². The lowest BCUT2D eigenvalue weighted by Crippen LogP contribution is -2.48. The smallest absolute Gasteiger partial charge is 0.262 e. The van der Waals surface area contributed by atoms with Crippen molar-refractivity contribution in [2.75, 3.05) is 18.8 Å². The van der Waals surface area contributed by atoms with Crippen molar-refractivity contribution >= 4 is 15.8 Å². The Labute approximate surface area is 106 Å². The Balaban J connectivity index is 2.38. The van der Waals surface area contributed by atoms with Gasteiger partial charge in [-0.2, -0.15) is 4.31 Å². The van der Waals surface area contributed by atoms with Crippen LogP contribution in [0.4, 0.5) is 5.82 Å². The first-order valence-electron chi connectivity index (χ1n) is 5.73. The van der Waals surface area contributed by atoms with E-state index in [-0.39, 0.29) is 17.4 Å². The first-order valence-corrected chi connectivity index (χ1v) is 7.17. The number of anilines is 1. The highest BCUT2D eigenvalue weighted by Gasteiger charge is 2.37. The van der Waals surface area contributed by atoms with E-state index < -0.39 is 15.6 Å². The van der Waals surface area contributed by atoms with Crippen molar-refractivity contribution in [3.05, 3.63) is 6.33 Å². The summed E-state index contributed by atoms with van der Waals surface area (Å²) in [5.74, 6) is -0.0114. The standard InChI is InChI=1S/C10H18N4O3S/c1-10(15)4-3-5-14(6-10)18(16,17)9-8(11)12-7-13(9)2/h7,15H,3-6,11H2,1-2H3. The Bertz CT molecular complexity index is 530. The summed E-state index contributed by atoms with van der Waals surface area (Å²) in [6.07, 6.45) is 2.59. The van der Waals surface area contributed by atoms with E-state index in [1.807, 2.05) is 0 Å². The molecule has 1 aromatic heterocycles. The van der Waals surface area contributed by atoms with Crippen molar-refractivity contribution in [3.8, 4) is 0 Å². The molecule has 18 heavy (non-hydrogen) atoms. The predicted octanol–water partition coefficient (Wildman–Crippen LogP) is -0.462. The van der Waals surface area contributed by atoms with Gasteiger partial charge in [0.15, 0.2) is 10.8 Å². The maximum absolute atomic E-state index is 12.5. The summed E-state index contributed by atoms with van der Waals surface area (Å²) in [4.78, 5) is 3.79. The van der Waals surface area contributed by atoms with Gasteiger partial charge >= 0.3 is 0 Å². The molecule has 8 heteroatoms. The first kappa shape index (κ1) is 13.3. The molecule has 1 aliphatic heterocycles. The number of nitrogens with zero attached hydrogens (tertiary/aromatic N) is 3. The van der Waals surface area contributed by atoms with Crippen molar-refractivity contribution in [1.82, 2.24) is 13.9 Å². The molecule has 1 saturated heterocycles. The summed E-state index contributed by atoms with van der Waals surface area (Å²) in [5.41, 5.74) is 4.61. The molecule has 3 N–H and O–H groups in total. The summed E-state index contributed by atoms with van der Waals surface area (Å²) < 4.78 is 27.6. The molecule has 0 bridgehead atoms. The van der Waals surface area contributed by atoms with Gasteiger partial charge in [0.2, 0.25) is 0 Å². The molecule has 0 spiro atoms. The number of hydrogen-bond donors (Lipinski definition) is 2. The molecule has 1 aromatic rings. The van der Waals surface area contributed by atoms with Crippen LogP contribution in [0, 0.1) is 0 Å². The van der Waals surface area contributed by atoms with Crippen LogP contribution in [0.3, 0.4) is 0 Å². The van der Waals surface area contributed by atoms with Crippen LogP contribution >= 0.6 is 0 Å². The van der Waals surface area contributed by atoms with Gasteiger partial charge in [-0.05, 0) is 19.8 Å². The summed E-state index contributed by atoms with van der Waals surface area (Å²) in [5, 5.41) is 9.97. The minimum atomic E-state index is -3.70. The van der Waals surface area contributed by atoms with Gasteiger partial charge in [0.25, 0.3) is 10.0 Å². The van der Waals surface area contributed by atoms with Crippen molar-refractivity contribution in [2.45, 2.75) is 30.4 Å². The van der Waals surface area contributed by atoms with E-state index in [4.69, 9.17) is 5.73 Å². The summed E-state index contributed by atoms with van der Waals surface area (Å²) in [7, 11) is -2.12. The van der Waals surface area contributed by atoms with Gasteiger partial charge in [0, 0.05) is 20.1 Å². The molecular weight excluding hydrogens is 256 g/mol. The van der Waals surface area contributed by atoms with E-state index in [1.165, 1.54) is 15.2 Å². The van der Waals surface area contributed by atoms with E-state index in [0.717, 1.165) is 0 Å². The number of aromatic nitrogens is 2. The highest BCUT2D eigenvalue weighted by Crippen LogP contribution is 2.27. The minimum Gasteiger partial charge on any atom is -0.389 e. The van der Waals surface area contributed by atoms with Gasteiger partial charge < -0.3 is 15.4 Å². The molecule has 0 amide bonds. The molecule has 0 saturated carbocycles. The molecule has 102 valence electrons. The molecule has 2 heterocycles. The summed E-state index contributed by atoms with van der Waals surface area (Å²) in [6, 6.07) is 0. The average Bonchev–Trinajstić information content (AvgIpc) is 2.57. The predicted molar refractivity (Wildman–Crippen MR) is 66.2 cm³/mol. The monoisotopic (exact) mass is 274 g/mol. The molecule has 0 radical (unpaired) electrons. The Morgan fingerprint density at radius 1 is 1.56 bits per heavy atom. The number of β-amino-alcohol motifs (C(OH)–C–C–N with tert-alkyl or cyclic N) is 1. The Morgan fingerprint density at radius 2 is 2.22 bits per heavy atom. The normalized spacial score (nSPS) is 26.4. The maximum Gasteiger partial charge on any atom is 0.262 e. The zero-order valence-corrected chi connectivity index (χ0v) is 11.3. The number of hydrogen-bond acceptors (Lipinski definition) is 5. The number of aliphatic hydroxyl groups is 1. The van der Waals surface area contributed by atoms with Crippen molar-refractivity contribution in [1.29, 1.82) is 0 Å². The number of aryl methyl sites for hydroxylation is 1. The topological polar surface area (TPSA) is 101 Å². The second-order valence-electron chi connectivity index (χ2n) is 4.98. The number of sulfonamides is 1. The van der Waals surface area contributed by atoms with Crippen molar-refractivity contribution in [2.24, 2.45) is 7.05 Å². The molecule has 1 atom stereocenters. The van der Waals surface area contributed by atoms with Crippen LogP contribution in [0.5, 0.6) is 0 Å². The molecule has 7 nitrogen and oxygen atoms in total. The molecule has 2 rings (SSSR count). The molecule has 0 aromatic carbocycles. The number of rotatable bonds is 2. The van der Waals surface area contributed by atoms with Crippen LogP contribution in [0.25, 0.3) is 0 Å². The third-order valence-electron chi connectivity index (χ3n) is 3.13. The second-order valence-corrected chi connectivity index (χ2v) is 6.84. The Kier molecular flexibility index (Phi) is 3.12. The third kappa shape index (κ3) is 2.23. The van der Waals surface area contributed by atoms with Gasteiger partial charge in [-0.3, -0.25) is 0 Å². The van der Waals surface area contributed by atoms with Crippen LogP contribution in [0.2, 0.25) is 0 Å². The quantitative estimate of drug-likeness (QED) is 0.759. The maximum atomic E-state index is 12.5. The SMILES string of the molecule is Cn1cnc(N)c1S(=O)(=O)N1CCCC(C)(O)C1. The van der Waals surface area contributed by atoms with Gasteiger partial charge in [-0.25, -0.2) is 13.4 Å². The minimum absolute atomic E-state index is 0.0114. The lowest BCUT2D eigenvalue weighted by atomic mass is 9.97. The summed E-state index contributed by atoms with van der Waals surface area (Å²) in [6.45, 7) is 2.12. The number of nitrogens with two attached hydrogens (primary N) is 1. The lowest BCUT2D eigenvalue weighted by molar-refractivity contribution is 0.00930. The van der Waals surface area contributed by atoms with E-state index in [0.29, 0.717) is 19.4 Å². The van der Waals surface area contributed by atoms with Gasteiger partial charge in [0.05, 0.1) is 11.9 Å². The van der Waals surface area contributed by atoms with Crippen LogP contribution in [0.1, 0.15) is 19.8 Å². The molecule has 1 fully saturated rings. The molecule has 1 aliphatic rings. The third-order valence-corrected chi connectivity index (χ3v) is 5.11. The highest BCUT2D eigenvalue weighted by molar-refractivity contribution is 7.89. The number of nitrogen functional groups attached to an aromatic ring is 1. The average molecular weight is 274 g/mol. The molecule has 1 unspecified atom stereocenters. The fourth-order valence-electron chi connectivity index (χ4n) is 2.25. The number of piperidine rings is 1. The zero-order valence-electron chi connectivity index (χ0n) is 10.5. The van der Waals surface area contributed by atoms with Crippen LogP contribution in [-0.4, -0.2) is 46.1 Å². The number of imidazole rings is 1. The van der Waals surface area contributed by atoms with E-state index in [9.17, 15) is 13.5 Å². The van der Waals surface area contributed by atoms with Crippen LogP contribution in [-0.2, 0) is 17.1 Å². The van der Waals surface area contributed by atoms with Crippen molar-refractivity contribution < 1.29 is 13.5 Å². The van der Waals surface area contributed by atoms with E-state index in [1.54, 1.807) is 14.0 Å². The summed E-state index contributed by atoms with van der Waals surface area (Å²) >= 11 is 0. The second kappa shape index (κ2) is 4.22. The first-order chi connectivity index (χ1) is 8.24. The zero-order chi connectivity index (χ0) is 13.6. The van der Waals surface area contributed by atoms with Crippen LogP contribution in [0.15, 0.2) is 11.4 Å². The van der Waals surface area contributed by atoms with E-state index >= 15 is 0 Å². The largest absolute Gasteiger partial charge is 0.389 e. The molecule has 0 aliphatic carbocycles. The van der Waals surface area contributed by atoms with Gasteiger partial charge in [0.1, 0.15) is 0 Å².